The zero-order valence-electron chi connectivity index (χ0n) is 25.4. The topological polar surface area (TPSA) is 144 Å². The lowest BCUT2D eigenvalue weighted by molar-refractivity contribution is 0.0217. The van der Waals surface area contributed by atoms with E-state index in [1.54, 1.807) is 40.3 Å². The van der Waals surface area contributed by atoms with E-state index in [9.17, 15) is 13.2 Å². The van der Waals surface area contributed by atoms with Crippen LogP contribution in [0.5, 0.6) is 0 Å². The van der Waals surface area contributed by atoms with E-state index in [0.717, 1.165) is 34.6 Å². The molecule has 0 spiro atoms. The van der Waals surface area contributed by atoms with Crippen molar-refractivity contribution in [2.75, 3.05) is 23.1 Å². The normalized spacial score (nSPS) is 14.3. The molecule has 0 saturated carbocycles. The van der Waals surface area contributed by atoms with Gasteiger partial charge in [0.25, 0.3) is 0 Å². The molecular formula is C31H38N8O4S. The number of nitrogens with one attached hydrogen (secondary N) is 2. The summed E-state index contributed by atoms with van der Waals surface area (Å²) in [4.78, 5) is 27.1. The molecule has 1 amide bonds. The second-order valence-corrected chi connectivity index (χ2v) is 13.6. The number of rotatable bonds is 9. The zero-order chi connectivity index (χ0) is 31.3. The fraction of sp³-hybridized carbons (Fsp3) is 0.387. The van der Waals surface area contributed by atoms with Gasteiger partial charge in [0.05, 0.1) is 28.5 Å². The van der Waals surface area contributed by atoms with Gasteiger partial charge in [-0.1, -0.05) is 19.1 Å². The van der Waals surface area contributed by atoms with Crippen molar-refractivity contribution in [2.45, 2.75) is 64.4 Å². The number of anilines is 2. The number of aromatic nitrogens is 5. The summed E-state index contributed by atoms with van der Waals surface area (Å²) in [5, 5.41) is 7.38. The van der Waals surface area contributed by atoms with Gasteiger partial charge in [-0.25, -0.2) is 27.9 Å². The molecular weight excluding hydrogens is 580 g/mol. The number of amides is 1. The highest BCUT2D eigenvalue weighted by molar-refractivity contribution is 7.93. The summed E-state index contributed by atoms with van der Waals surface area (Å²) < 4.78 is 36.0. The van der Waals surface area contributed by atoms with Crippen molar-refractivity contribution < 1.29 is 17.9 Å². The summed E-state index contributed by atoms with van der Waals surface area (Å²) in [5.41, 5.74) is 4.31. The molecule has 4 aromatic rings. The highest BCUT2D eigenvalue weighted by atomic mass is 32.2. The van der Waals surface area contributed by atoms with Gasteiger partial charge in [0, 0.05) is 49.5 Å². The zero-order valence-corrected chi connectivity index (χ0v) is 26.2. The molecule has 1 aliphatic heterocycles. The van der Waals surface area contributed by atoms with Crippen LogP contribution in [0.15, 0.2) is 67.3 Å². The second kappa shape index (κ2) is 13.0. The van der Waals surface area contributed by atoms with Gasteiger partial charge < -0.3 is 15.0 Å². The number of piperidine rings is 1. The van der Waals surface area contributed by atoms with Gasteiger partial charge >= 0.3 is 6.09 Å². The van der Waals surface area contributed by atoms with Crippen molar-refractivity contribution in [1.82, 2.24) is 29.6 Å². The number of hydrogen-bond donors (Lipinski definition) is 2. The summed E-state index contributed by atoms with van der Waals surface area (Å²) in [6.07, 6.45) is 8.18. The van der Waals surface area contributed by atoms with E-state index in [-0.39, 0.29) is 0 Å². The second-order valence-electron chi connectivity index (χ2n) is 11.6. The predicted octanol–water partition coefficient (Wildman–Crippen LogP) is 5.04. The summed E-state index contributed by atoms with van der Waals surface area (Å²) in [5.74, 6) is 0.473. The quantitative estimate of drug-likeness (QED) is 0.264. The molecule has 13 heteroatoms. The van der Waals surface area contributed by atoms with Crippen LogP contribution in [0.1, 0.15) is 51.8 Å². The molecule has 0 aliphatic carbocycles. The van der Waals surface area contributed by atoms with Crippen molar-refractivity contribution >= 4 is 27.8 Å². The van der Waals surface area contributed by atoms with Gasteiger partial charge in [0.2, 0.25) is 16.0 Å². The Kier molecular flexibility index (Phi) is 9.14. The monoisotopic (exact) mass is 618 g/mol. The standard InChI is InChI=1S/C31H38N8O4S/c1-5-27-26(21-39(36-27)24-7-6-15-32-20-24)28-12-16-33-29(35-28)34-19-22-8-10-23(11-9-22)37-44(41,42)25-13-17-38(18-14-25)30(40)43-31(2,3)4/h6-12,15-16,20-21,25,37H,5,13-14,17-19H2,1-4H3,(H,33,34,35). The molecule has 3 aromatic heterocycles. The molecule has 1 saturated heterocycles. The molecule has 232 valence electrons. The molecule has 0 radical (unpaired) electrons. The number of carbonyl (C=O) groups is 1. The maximum atomic E-state index is 13.0. The molecule has 5 rings (SSSR count). The molecule has 4 heterocycles. The average Bonchev–Trinajstić information content (AvgIpc) is 3.45. The van der Waals surface area contributed by atoms with Gasteiger partial charge in [0.1, 0.15) is 5.60 Å². The Hall–Kier alpha value is -4.52. The van der Waals surface area contributed by atoms with Crippen LogP contribution in [0.25, 0.3) is 16.9 Å². The van der Waals surface area contributed by atoms with Crippen LogP contribution in [-0.2, 0) is 27.7 Å². The molecule has 2 N–H and O–H groups in total. The fourth-order valence-corrected chi connectivity index (χ4v) is 6.36. The lowest BCUT2D eigenvalue weighted by Crippen LogP contribution is -2.45. The Morgan fingerprint density at radius 1 is 1.07 bits per heavy atom. The minimum absolute atomic E-state index is 0.334. The third kappa shape index (κ3) is 7.70. The van der Waals surface area contributed by atoms with Gasteiger partial charge in [-0.05, 0) is 75.9 Å². The van der Waals surface area contributed by atoms with Crippen molar-refractivity contribution in [2.24, 2.45) is 0 Å². The van der Waals surface area contributed by atoms with E-state index in [1.165, 1.54) is 0 Å². The van der Waals surface area contributed by atoms with Gasteiger partial charge in [0.15, 0.2) is 0 Å². The Bertz CT molecular complexity index is 1680. The number of aryl methyl sites for hydroxylation is 1. The van der Waals surface area contributed by atoms with Crippen molar-refractivity contribution in [3.05, 3.63) is 78.5 Å². The third-order valence-corrected chi connectivity index (χ3v) is 9.03. The Labute approximate surface area is 258 Å². The first-order valence-electron chi connectivity index (χ1n) is 14.7. The van der Waals surface area contributed by atoms with E-state index in [4.69, 9.17) is 14.8 Å². The lowest BCUT2D eigenvalue weighted by atomic mass is 10.1. The summed E-state index contributed by atoms with van der Waals surface area (Å²) in [6, 6.07) is 12.9. The first-order valence-corrected chi connectivity index (χ1v) is 16.2. The molecule has 12 nitrogen and oxygen atoms in total. The largest absolute Gasteiger partial charge is 0.444 e. The Balaban J connectivity index is 1.17. The molecule has 1 aromatic carbocycles. The Morgan fingerprint density at radius 3 is 2.48 bits per heavy atom. The van der Waals surface area contributed by atoms with E-state index in [2.05, 4.69) is 26.9 Å². The third-order valence-electron chi connectivity index (χ3n) is 7.16. The number of sulfonamides is 1. The van der Waals surface area contributed by atoms with Crippen molar-refractivity contribution in [3.8, 4) is 16.9 Å². The van der Waals surface area contributed by atoms with Crippen molar-refractivity contribution in [3.63, 3.8) is 0 Å². The van der Waals surface area contributed by atoms with E-state index in [1.807, 2.05) is 57.3 Å². The highest BCUT2D eigenvalue weighted by Gasteiger charge is 2.33. The number of likely N-dealkylation sites (tertiary alicyclic amines) is 1. The maximum Gasteiger partial charge on any atom is 0.410 e. The van der Waals surface area contributed by atoms with Gasteiger partial charge in [-0.15, -0.1) is 0 Å². The van der Waals surface area contributed by atoms with E-state index in [0.29, 0.717) is 44.1 Å². The number of pyridine rings is 1. The molecule has 1 aliphatic rings. The van der Waals surface area contributed by atoms with Crippen LogP contribution >= 0.6 is 0 Å². The molecule has 0 unspecified atom stereocenters. The minimum Gasteiger partial charge on any atom is -0.444 e. The number of ether oxygens (including phenoxy) is 1. The summed E-state index contributed by atoms with van der Waals surface area (Å²) in [6.45, 7) is 8.60. The average molecular weight is 619 g/mol. The molecule has 0 atom stereocenters. The number of benzene rings is 1. The first kappa shape index (κ1) is 30.9. The van der Waals surface area contributed by atoms with Crippen LogP contribution in [0.2, 0.25) is 0 Å². The number of carbonyl (C=O) groups excluding carboxylic acids is 1. The number of hydrogen-bond acceptors (Lipinski definition) is 9. The maximum absolute atomic E-state index is 13.0. The van der Waals surface area contributed by atoms with Crippen LogP contribution < -0.4 is 10.0 Å². The number of nitrogens with zero attached hydrogens (tertiary/aromatic N) is 6. The van der Waals surface area contributed by atoms with Crippen molar-refractivity contribution in [1.29, 1.82) is 0 Å². The fourth-order valence-electron chi connectivity index (χ4n) is 4.89. The smallest absolute Gasteiger partial charge is 0.410 e. The molecule has 1 fully saturated rings. The lowest BCUT2D eigenvalue weighted by Gasteiger charge is -2.33. The summed E-state index contributed by atoms with van der Waals surface area (Å²) in [7, 11) is -3.62. The van der Waals surface area contributed by atoms with Crippen LogP contribution in [0, 0.1) is 0 Å². The van der Waals surface area contributed by atoms with Crippen LogP contribution in [0.4, 0.5) is 16.4 Å². The van der Waals surface area contributed by atoms with Crippen LogP contribution in [-0.4, -0.2) is 68.1 Å². The van der Waals surface area contributed by atoms with Gasteiger partial charge in [-0.2, -0.15) is 5.10 Å². The van der Waals surface area contributed by atoms with E-state index >= 15 is 0 Å². The van der Waals surface area contributed by atoms with E-state index < -0.39 is 27.0 Å². The SMILES string of the molecule is CCc1nn(-c2cccnc2)cc1-c1ccnc(NCc2ccc(NS(=O)(=O)C3CCN(C(=O)OC(C)(C)C)CC3)cc2)n1. The molecule has 0 bridgehead atoms. The minimum atomic E-state index is -3.62. The van der Waals surface area contributed by atoms with Gasteiger partial charge in [-0.3, -0.25) is 9.71 Å². The predicted molar refractivity (Wildman–Crippen MR) is 169 cm³/mol. The molecule has 44 heavy (non-hydrogen) atoms. The Morgan fingerprint density at radius 2 is 1.82 bits per heavy atom. The summed E-state index contributed by atoms with van der Waals surface area (Å²) >= 11 is 0. The first-order chi connectivity index (χ1) is 21.0. The highest BCUT2D eigenvalue weighted by Crippen LogP contribution is 2.25. The van der Waals surface area contributed by atoms with Crippen LogP contribution in [0.3, 0.4) is 0 Å².